The summed E-state index contributed by atoms with van der Waals surface area (Å²) in [4.78, 5) is 4.33. The first-order chi connectivity index (χ1) is 6.69. The highest BCUT2D eigenvalue weighted by Crippen LogP contribution is 2.15. The van der Waals surface area contributed by atoms with Crippen molar-refractivity contribution in [2.75, 3.05) is 7.05 Å². The van der Waals surface area contributed by atoms with E-state index in [0.717, 1.165) is 12.8 Å². The van der Waals surface area contributed by atoms with Crippen molar-refractivity contribution in [1.82, 2.24) is 14.9 Å². The van der Waals surface area contributed by atoms with Gasteiger partial charge in [-0.1, -0.05) is 6.92 Å². The van der Waals surface area contributed by atoms with Gasteiger partial charge in [-0.3, -0.25) is 0 Å². The summed E-state index contributed by atoms with van der Waals surface area (Å²) >= 11 is 0. The van der Waals surface area contributed by atoms with E-state index in [1.807, 2.05) is 13.2 Å². The quantitative estimate of drug-likeness (QED) is 0.779. The van der Waals surface area contributed by atoms with Crippen LogP contribution in [0.25, 0.3) is 0 Å². The Hall–Kier alpha value is -0.830. The van der Waals surface area contributed by atoms with Crippen LogP contribution in [-0.4, -0.2) is 22.6 Å². The fraction of sp³-hybridized carbons (Fsp3) is 0.727. The maximum atomic E-state index is 4.33. The molecule has 14 heavy (non-hydrogen) atoms. The van der Waals surface area contributed by atoms with Crippen LogP contribution in [0.5, 0.6) is 0 Å². The van der Waals surface area contributed by atoms with Gasteiger partial charge in [0.25, 0.3) is 0 Å². The molecule has 2 atom stereocenters. The van der Waals surface area contributed by atoms with E-state index in [1.54, 1.807) is 0 Å². The molecule has 0 aromatic carbocycles. The fourth-order valence-corrected chi connectivity index (χ4v) is 1.76. The summed E-state index contributed by atoms with van der Waals surface area (Å²) in [7, 11) is 2.01. The highest BCUT2D eigenvalue weighted by atomic mass is 15.1. The van der Waals surface area contributed by atoms with Crippen LogP contribution in [0.15, 0.2) is 12.4 Å². The number of aryl methyl sites for hydroxylation is 1. The van der Waals surface area contributed by atoms with Crippen LogP contribution < -0.4 is 5.32 Å². The van der Waals surface area contributed by atoms with Crippen molar-refractivity contribution in [3.05, 3.63) is 18.2 Å². The van der Waals surface area contributed by atoms with E-state index in [1.165, 1.54) is 5.82 Å². The monoisotopic (exact) mass is 195 g/mol. The van der Waals surface area contributed by atoms with Gasteiger partial charge in [0.05, 0.1) is 0 Å². The van der Waals surface area contributed by atoms with Crippen molar-refractivity contribution in [2.45, 2.75) is 45.7 Å². The number of nitrogens with zero attached hydrogens (tertiary/aromatic N) is 2. The number of nitrogens with one attached hydrogen (secondary N) is 1. The van der Waals surface area contributed by atoms with Crippen LogP contribution in [0.1, 0.15) is 39.1 Å². The molecule has 80 valence electrons. The topological polar surface area (TPSA) is 29.9 Å². The molecule has 1 aromatic heterocycles. The molecule has 1 N–H and O–H groups in total. The van der Waals surface area contributed by atoms with Gasteiger partial charge in [0.1, 0.15) is 5.82 Å². The van der Waals surface area contributed by atoms with Crippen LogP contribution in [-0.2, 0) is 6.42 Å². The summed E-state index contributed by atoms with van der Waals surface area (Å²) in [5, 5.41) is 3.26. The fourth-order valence-electron chi connectivity index (χ4n) is 1.76. The molecule has 0 spiro atoms. The number of hydrogen-bond donors (Lipinski definition) is 1. The Morgan fingerprint density at radius 3 is 2.79 bits per heavy atom. The molecular formula is C11H21N3. The van der Waals surface area contributed by atoms with Crippen LogP contribution in [0.2, 0.25) is 0 Å². The summed E-state index contributed by atoms with van der Waals surface area (Å²) in [5.74, 6) is 1.18. The standard InChI is InChI=1S/C11H21N3/c1-5-11-13-6-7-14(11)10(3)8-9(2)12-4/h6-7,9-10,12H,5,8H2,1-4H3. The lowest BCUT2D eigenvalue weighted by molar-refractivity contribution is 0.422. The van der Waals surface area contributed by atoms with Crippen LogP contribution in [0.3, 0.4) is 0 Å². The van der Waals surface area contributed by atoms with Crippen molar-refractivity contribution < 1.29 is 0 Å². The third-order valence-corrected chi connectivity index (χ3v) is 2.73. The van der Waals surface area contributed by atoms with Crippen molar-refractivity contribution in [2.24, 2.45) is 0 Å². The molecule has 1 heterocycles. The molecule has 0 fully saturated rings. The van der Waals surface area contributed by atoms with Crippen molar-refractivity contribution >= 4 is 0 Å². The third kappa shape index (κ3) is 2.58. The zero-order chi connectivity index (χ0) is 10.6. The van der Waals surface area contributed by atoms with E-state index in [0.29, 0.717) is 12.1 Å². The van der Waals surface area contributed by atoms with Crippen LogP contribution in [0, 0.1) is 0 Å². The Labute approximate surface area is 86.5 Å². The Balaban J connectivity index is 2.64. The van der Waals surface area contributed by atoms with Gasteiger partial charge < -0.3 is 9.88 Å². The minimum Gasteiger partial charge on any atom is -0.332 e. The van der Waals surface area contributed by atoms with Gasteiger partial charge >= 0.3 is 0 Å². The van der Waals surface area contributed by atoms with Crippen molar-refractivity contribution in [1.29, 1.82) is 0 Å². The number of imidazole rings is 1. The largest absolute Gasteiger partial charge is 0.332 e. The van der Waals surface area contributed by atoms with Gasteiger partial charge in [-0.25, -0.2) is 4.98 Å². The molecule has 3 nitrogen and oxygen atoms in total. The van der Waals surface area contributed by atoms with Crippen LogP contribution in [0.4, 0.5) is 0 Å². The average Bonchev–Trinajstić information content (AvgIpc) is 2.65. The molecule has 0 aliphatic carbocycles. The molecule has 1 aromatic rings. The second kappa shape index (κ2) is 5.15. The maximum Gasteiger partial charge on any atom is 0.108 e. The minimum atomic E-state index is 0.523. The van der Waals surface area contributed by atoms with Crippen LogP contribution >= 0.6 is 0 Å². The van der Waals surface area contributed by atoms with Gasteiger partial charge in [-0.2, -0.15) is 0 Å². The van der Waals surface area contributed by atoms with Crippen molar-refractivity contribution in [3.63, 3.8) is 0 Å². The van der Waals surface area contributed by atoms with Crippen molar-refractivity contribution in [3.8, 4) is 0 Å². The third-order valence-electron chi connectivity index (χ3n) is 2.73. The maximum absolute atomic E-state index is 4.33. The van der Waals surface area contributed by atoms with E-state index < -0.39 is 0 Å². The van der Waals surface area contributed by atoms with E-state index in [2.05, 4.69) is 41.8 Å². The smallest absolute Gasteiger partial charge is 0.108 e. The molecule has 2 unspecified atom stereocenters. The molecule has 0 bridgehead atoms. The van der Waals surface area contributed by atoms with E-state index in [4.69, 9.17) is 0 Å². The summed E-state index contributed by atoms with van der Waals surface area (Å²) in [6, 6.07) is 1.08. The lowest BCUT2D eigenvalue weighted by Gasteiger charge is -2.19. The summed E-state index contributed by atoms with van der Waals surface area (Å²) < 4.78 is 2.27. The normalized spacial score (nSPS) is 15.4. The van der Waals surface area contributed by atoms with Gasteiger partial charge in [0.15, 0.2) is 0 Å². The van der Waals surface area contributed by atoms with Gasteiger partial charge in [0, 0.05) is 30.9 Å². The molecule has 0 saturated heterocycles. The summed E-state index contributed by atoms with van der Waals surface area (Å²) in [6.45, 7) is 6.60. The second-order valence-electron chi connectivity index (χ2n) is 3.88. The number of rotatable bonds is 5. The van der Waals surface area contributed by atoms with E-state index in [9.17, 15) is 0 Å². The average molecular weight is 195 g/mol. The highest BCUT2D eigenvalue weighted by molar-refractivity contribution is 4.94. The summed E-state index contributed by atoms with van der Waals surface area (Å²) in [6.07, 6.45) is 6.11. The Bertz CT molecular complexity index is 267. The van der Waals surface area contributed by atoms with Gasteiger partial charge in [-0.15, -0.1) is 0 Å². The molecule has 0 saturated carbocycles. The first-order valence-corrected chi connectivity index (χ1v) is 5.38. The Kier molecular flexibility index (Phi) is 4.14. The number of hydrogen-bond acceptors (Lipinski definition) is 2. The molecule has 0 aliphatic heterocycles. The molecule has 1 rings (SSSR count). The molecular weight excluding hydrogens is 174 g/mol. The highest BCUT2D eigenvalue weighted by Gasteiger charge is 2.11. The second-order valence-corrected chi connectivity index (χ2v) is 3.88. The zero-order valence-corrected chi connectivity index (χ0v) is 9.62. The first-order valence-electron chi connectivity index (χ1n) is 5.38. The lowest BCUT2D eigenvalue weighted by Crippen LogP contribution is -2.25. The zero-order valence-electron chi connectivity index (χ0n) is 9.62. The first kappa shape index (κ1) is 11.2. The predicted molar refractivity (Wildman–Crippen MR) is 59.5 cm³/mol. The summed E-state index contributed by atoms with van der Waals surface area (Å²) in [5.41, 5.74) is 0. The molecule has 0 amide bonds. The minimum absolute atomic E-state index is 0.523. The number of aromatic nitrogens is 2. The Morgan fingerprint density at radius 2 is 2.21 bits per heavy atom. The lowest BCUT2D eigenvalue weighted by atomic mass is 10.1. The van der Waals surface area contributed by atoms with Gasteiger partial charge in [-0.05, 0) is 27.3 Å². The van der Waals surface area contributed by atoms with E-state index in [-0.39, 0.29) is 0 Å². The SMILES string of the molecule is CCc1nccn1C(C)CC(C)NC. The molecule has 3 heteroatoms. The predicted octanol–water partition coefficient (Wildman–Crippen LogP) is 2.00. The van der Waals surface area contributed by atoms with E-state index >= 15 is 0 Å². The molecule has 0 aliphatic rings. The Morgan fingerprint density at radius 1 is 1.50 bits per heavy atom. The van der Waals surface area contributed by atoms with Gasteiger partial charge in [0.2, 0.25) is 0 Å². The molecule has 0 radical (unpaired) electrons.